The number of benzene rings is 1. The Kier molecular flexibility index (Phi) is 5.94. The summed E-state index contributed by atoms with van der Waals surface area (Å²) in [4.78, 5) is 23.0. The highest BCUT2D eigenvalue weighted by atomic mass is 16.5. The average molecular weight is 292 g/mol. The fourth-order valence-electron chi connectivity index (χ4n) is 2.43. The van der Waals surface area contributed by atoms with Crippen LogP contribution in [0.5, 0.6) is 0 Å². The van der Waals surface area contributed by atoms with Crippen molar-refractivity contribution in [2.45, 2.75) is 40.5 Å². The molecule has 0 amide bonds. The predicted octanol–water partition coefficient (Wildman–Crippen LogP) is 4.00. The topological polar surface area (TPSA) is 63.6 Å². The highest BCUT2D eigenvalue weighted by Gasteiger charge is 2.18. The van der Waals surface area contributed by atoms with E-state index in [-0.39, 0.29) is 16.5 Å². The molecule has 0 saturated carbocycles. The van der Waals surface area contributed by atoms with E-state index in [2.05, 4.69) is 27.7 Å². The first-order chi connectivity index (χ1) is 9.70. The summed E-state index contributed by atoms with van der Waals surface area (Å²) in [6, 6.07) is 6.10. The van der Waals surface area contributed by atoms with Gasteiger partial charge in [-0.25, -0.2) is 9.59 Å². The van der Waals surface area contributed by atoms with Gasteiger partial charge in [-0.1, -0.05) is 39.8 Å². The number of carboxylic acid groups (broad SMARTS) is 1. The summed E-state index contributed by atoms with van der Waals surface area (Å²) in [6.45, 7) is 8.98. The van der Waals surface area contributed by atoms with E-state index >= 15 is 0 Å². The monoisotopic (exact) mass is 292 g/mol. The van der Waals surface area contributed by atoms with Gasteiger partial charge in [0.1, 0.15) is 0 Å². The van der Waals surface area contributed by atoms with Crippen LogP contribution in [0, 0.1) is 11.3 Å². The molecule has 1 aromatic carbocycles. The molecular weight excluding hydrogens is 268 g/mol. The second-order valence-corrected chi connectivity index (χ2v) is 6.65. The minimum atomic E-state index is -1.12. The Labute approximate surface area is 126 Å². The summed E-state index contributed by atoms with van der Waals surface area (Å²) >= 11 is 0. The van der Waals surface area contributed by atoms with Crippen molar-refractivity contribution < 1.29 is 19.4 Å². The summed E-state index contributed by atoms with van der Waals surface area (Å²) in [5.74, 6) is -1.24. The molecule has 0 aromatic heterocycles. The number of carbonyl (C=O) groups is 2. The molecule has 0 aliphatic carbocycles. The van der Waals surface area contributed by atoms with Gasteiger partial charge in [-0.3, -0.25) is 0 Å². The Hall–Kier alpha value is -1.84. The first kappa shape index (κ1) is 17.2. The van der Waals surface area contributed by atoms with Crippen LogP contribution >= 0.6 is 0 Å². The van der Waals surface area contributed by atoms with Gasteiger partial charge in [0.2, 0.25) is 0 Å². The lowest BCUT2D eigenvalue weighted by atomic mass is 9.84. The smallest absolute Gasteiger partial charge is 0.339 e. The first-order valence-electron chi connectivity index (χ1n) is 7.20. The zero-order valence-corrected chi connectivity index (χ0v) is 13.2. The van der Waals surface area contributed by atoms with Gasteiger partial charge in [0, 0.05) is 0 Å². The van der Waals surface area contributed by atoms with Gasteiger partial charge in [-0.2, -0.15) is 0 Å². The Morgan fingerprint density at radius 1 is 1.19 bits per heavy atom. The minimum Gasteiger partial charge on any atom is -0.478 e. The number of carbonyl (C=O) groups excluding carboxylic acids is 1. The molecule has 116 valence electrons. The molecule has 0 bridgehead atoms. The highest BCUT2D eigenvalue weighted by Crippen LogP contribution is 2.25. The van der Waals surface area contributed by atoms with Gasteiger partial charge in [0.05, 0.1) is 17.7 Å². The van der Waals surface area contributed by atoms with Crippen molar-refractivity contribution in [2.24, 2.45) is 11.3 Å². The summed E-state index contributed by atoms with van der Waals surface area (Å²) in [7, 11) is 0. The average Bonchev–Trinajstić information content (AvgIpc) is 2.36. The highest BCUT2D eigenvalue weighted by molar-refractivity contribution is 6.02. The van der Waals surface area contributed by atoms with E-state index in [1.54, 1.807) is 12.1 Å². The zero-order chi connectivity index (χ0) is 16.0. The molecule has 0 fully saturated rings. The number of hydrogen-bond acceptors (Lipinski definition) is 3. The molecule has 4 heteroatoms. The van der Waals surface area contributed by atoms with Crippen molar-refractivity contribution in [1.82, 2.24) is 0 Å². The van der Waals surface area contributed by atoms with E-state index < -0.39 is 11.9 Å². The number of ether oxygens (including phenoxy) is 1. The number of rotatable bonds is 6. The van der Waals surface area contributed by atoms with Gasteiger partial charge in [0.25, 0.3) is 0 Å². The van der Waals surface area contributed by atoms with Crippen LogP contribution in [0.15, 0.2) is 24.3 Å². The van der Waals surface area contributed by atoms with E-state index in [9.17, 15) is 9.59 Å². The Balaban J connectivity index is 2.54. The molecule has 1 aromatic rings. The fourth-order valence-corrected chi connectivity index (χ4v) is 2.43. The van der Waals surface area contributed by atoms with E-state index in [1.165, 1.54) is 12.1 Å². The summed E-state index contributed by atoms with van der Waals surface area (Å²) in [5.41, 5.74) is 0.331. The van der Waals surface area contributed by atoms with E-state index in [0.717, 1.165) is 12.8 Å². The lowest BCUT2D eigenvalue weighted by Gasteiger charge is -2.23. The van der Waals surface area contributed by atoms with Gasteiger partial charge >= 0.3 is 11.9 Å². The van der Waals surface area contributed by atoms with Crippen LogP contribution < -0.4 is 0 Å². The molecular formula is C17H24O4. The summed E-state index contributed by atoms with van der Waals surface area (Å²) in [5, 5.41) is 9.05. The molecule has 0 aliphatic heterocycles. The van der Waals surface area contributed by atoms with Gasteiger partial charge in [-0.05, 0) is 36.3 Å². The van der Waals surface area contributed by atoms with Crippen LogP contribution in [-0.2, 0) is 4.74 Å². The van der Waals surface area contributed by atoms with E-state index in [1.807, 2.05) is 0 Å². The van der Waals surface area contributed by atoms with Crippen LogP contribution in [0.3, 0.4) is 0 Å². The Morgan fingerprint density at radius 3 is 2.29 bits per heavy atom. The molecule has 0 spiro atoms. The summed E-state index contributed by atoms with van der Waals surface area (Å²) in [6.07, 6.45) is 1.83. The van der Waals surface area contributed by atoms with E-state index in [4.69, 9.17) is 9.84 Å². The predicted molar refractivity (Wildman–Crippen MR) is 81.5 cm³/mol. The van der Waals surface area contributed by atoms with E-state index in [0.29, 0.717) is 12.5 Å². The third-order valence-electron chi connectivity index (χ3n) is 3.18. The molecule has 0 radical (unpaired) electrons. The Morgan fingerprint density at radius 2 is 1.76 bits per heavy atom. The Bertz CT molecular complexity index is 500. The van der Waals surface area contributed by atoms with Gasteiger partial charge in [0.15, 0.2) is 0 Å². The second kappa shape index (κ2) is 7.25. The number of hydrogen-bond donors (Lipinski definition) is 1. The van der Waals surface area contributed by atoms with Crippen LogP contribution in [0.4, 0.5) is 0 Å². The molecule has 0 heterocycles. The molecule has 4 nitrogen and oxygen atoms in total. The van der Waals surface area contributed by atoms with Crippen molar-refractivity contribution >= 4 is 11.9 Å². The number of esters is 1. The zero-order valence-electron chi connectivity index (χ0n) is 13.2. The minimum absolute atomic E-state index is 0.0229. The molecule has 1 rings (SSSR count). The standard InChI is InChI=1S/C17H24O4/c1-12(11-17(2,3)4)9-10-21-16(20)14-8-6-5-7-13(14)15(18)19/h5-8,12H,9-11H2,1-4H3,(H,18,19)/t12-/m0/s1. The maximum atomic E-state index is 12.0. The largest absolute Gasteiger partial charge is 0.478 e. The van der Waals surface area contributed by atoms with Crippen LogP contribution in [-0.4, -0.2) is 23.7 Å². The van der Waals surface area contributed by atoms with Crippen molar-refractivity contribution in [3.63, 3.8) is 0 Å². The van der Waals surface area contributed by atoms with Crippen LogP contribution in [0.25, 0.3) is 0 Å². The van der Waals surface area contributed by atoms with Crippen molar-refractivity contribution in [2.75, 3.05) is 6.61 Å². The molecule has 0 aliphatic rings. The van der Waals surface area contributed by atoms with Crippen molar-refractivity contribution in [3.05, 3.63) is 35.4 Å². The molecule has 0 saturated heterocycles. The van der Waals surface area contributed by atoms with Crippen molar-refractivity contribution in [1.29, 1.82) is 0 Å². The number of aromatic carboxylic acids is 1. The fraction of sp³-hybridized carbons (Fsp3) is 0.529. The molecule has 21 heavy (non-hydrogen) atoms. The SMILES string of the molecule is C[C@@H](CCOC(=O)c1ccccc1C(=O)O)CC(C)(C)C. The summed E-state index contributed by atoms with van der Waals surface area (Å²) < 4.78 is 5.20. The van der Waals surface area contributed by atoms with Gasteiger partial charge in [-0.15, -0.1) is 0 Å². The second-order valence-electron chi connectivity index (χ2n) is 6.65. The molecule has 1 atom stereocenters. The lowest BCUT2D eigenvalue weighted by molar-refractivity contribution is 0.0469. The lowest BCUT2D eigenvalue weighted by Crippen LogP contribution is -2.15. The van der Waals surface area contributed by atoms with Gasteiger partial charge < -0.3 is 9.84 Å². The number of carboxylic acids is 1. The molecule has 1 N–H and O–H groups in total. The third kappa shape index (κ3) is 5.98. The first-order valence-corrected chi connectivity index (χ1v) is 7.20. The normalized spacial score (nSPS) is 12.8. The van der Waals surface area contributed by atoms with Crippen molar-refractivity contribution in [3.8, 4) is 0 Å². The maximum Gasteiger partial charge on any atom is 0.339 e. The maximum absolute atomic E-state index is 12.0. The van der Waals surface area contributed by atoms with Crippen LogP contribution in [0.1, 0.15) is 61.3 Å². The quantitative estimate of drug-likeness (QED) is 0.805. The molecule has 0 unspecified atom stereocenters. The van der Waals surface area contributed by atoms with Crippen LogP contribution in [0.2, 0.25) is 0 Å². The third-order valence-corrected chi connectivity index (χ3v) is 3.18.